The molecule has 1 fully saturated rings. The third kappa shape index (κ3) is 2.93. The second-order valence-corrected chi connectivity index (χ2v) is 4.42. The molecular formula is C12H18N4O. The van der Waals surface area contributed by atoms with Gasteiger partial charge in [0.1, 0.15) is 5.82 Å². The number of nitrogens with one attached hydrogen (secondary N) is 2. The molecule has 2 N–H and O–H groups in total. The highest BCUT2D eigenvalue weighted by molar-refractivity contribution is 5.91. The number of hydrogen-bond acceptors (Lipinski definition) is 4. The Kier molecular flexibility index (Phi) is 3.56. The summed E-state index contributed by atoms with van der Waals surface area (Å²) in [6.07, 6.45) is 3.71. The van der Waals surface area contributed by atoms with Crippen LogP contribution in [0.5, 0.6) is 0 Å². The Morgan fingerprint density at radius 3 is 2.88 bits per heavy atom. The number of carbonyl (C=O) groups excluding carboxylic acids is 1. The molecule has 1 heterocycles. The first-order chi connectivity index (χ1) is 8.24. The van der Waals surface area contributed by atoms with E-state index in [1.165, 1.54) is 19.3 Å². The van der Waals surface area contributed by atoms with Crippen LogP contribution in [0.15, 0.2) is 12.1 Å². The minimum atomic E-state index is -0.209. The Balaban J connectivity index is 1.89. The fourth-order valence-electron chi connectivity index (χ4n) is 1.96. The summed E-state index contributed by atoms with van der Waals surface area (Å²) < 4.78 is 0. The van der Waals surface area contributed by atoms with Gasteiger partial charge in [-0.15, -0.1) is 10.2 Å². The van der Waals surface area contributed by atoms with Gasteiger partial charge in [0.15, 0.2) is 5.69 Å². The number of amides is 1. The summed E-state index contributed by atoms with van der Waals surface area (Å²) in [6, 6.07) is 4.03. The molecule has 2 rings (SSSR count). The van der Waals surface area contributed by atoms with Gasteiger partial charge in [-0.25, -0.2) is 0 Å². The monoisotopic (exact) mass is 234 g/mol. The average molecular weight is 234 g/mol. The van der Waals surface area contributed by atoms with Crippen molar-refractivity contribution in [3.05, 3.63) is 17.8 Å². The van der Waals surface area contributed by atoms with Crippen molar-refractivity contribution in [2.24, 2.45) is 5.92 Å². The Hall–Kier alpha value is -1.65. The predicted octanol–water partition coefficient (Wildman–Crippen LogP) is 1.44. The van der Waals surface area contributed by atoms with Crippen molar-refractivity contribution in [3.63, 3.8) is 0 Å². The largest absolute Gasteiger partial charge is 0.366 e. The van der Waals surface area contributed by atoms with Gasteiger partial charge in [0, 0.05) is 13.1 Å². The Bertz CT molecular complexity index is 390. The van der Waals surface area contributed by atoms with Crippen molar-refractivity contribution < 1.29 is 4.79 Å². The molecule has 0 spiro atoms. The highest BCUT2D eigenvalue weighted by Gasteiger charge is 2.36. The quantitative estimate of drug-likeness (QED) is 0.809. The Labute approximate surface area is 101 Å². The summed E-state index contributed by atoms with van der Waals surface area (Å²) in [6.45, 7) is 2.20. The number of hydrogen-bond donors (Lipinski definition) is 2. The van der Waals surface area contributed by atoms with Gasteiger partial charge in [0.05, 0.1) is 0 Å². The molecule has 1 aromatic rings. The molecule has 2 unspecified atom stereocenters. The molecule has 2 atom stereocenters. The highest BCUT2D eigenvalue weighted by atomic mass is 16.1. The first-order valence-corrected chi connectivity index (χ1v) is 6.07. The van der Waals surface area contributed by atoms with Crippen LogP contribution in [0.1, 0.15) is 36.7 Å². The maximum atomic E-state index is 11.3. The zero-order valence-corrected chi connectivity index (χ0v) is 10.2. The van der Waals surface area contributed by atoms with Crippen LogP contribution in [-0.2, 0) is 0 Å². The molecule has 0 bridgehead atoms. The van der Waals surface area contributed by atoms with E-state index in [0.717, 1.165) is 11.7 Å². The van der Waals surface area contributed by atoms with E-state index in [1.807, 2.05) is 0 Å². The fraction of sp³-hybridized carbons (Fsp3) is 0.583. The molecule has 5 nitrogen and oxygen atoms in total. The van der Waals surface area contributed by atoms with E-state index in [4.69, 9.17) is 0 Å². The SMILES string of the molecule is CCCC1CC1Nc1ccc(C(=O)NC)nn1. The van der Waals surface area contributed by atoms with Crippen LogP contribution in [0.2, 0.25) is 0 Å². The van der Waals surface area contributed by atoms with Gasteiger partial charge in [-0.2, -0.15) is 0 Å². The normalized spacial score (nSPS) is 22.0. The third-order valence-electron chi connectivity index (χ3n) is 3.04. The van der Waals surface area contributed by atoms with Gasteiger partial charge in [-0.3, -0.25) is 4.79 Å². The van der Waals surface area contributed by atoms with Gasteiger partial charge in [-0.1, -0.05) is 13.3 Å². The molecule has 0 radical (unpaired) electrons. The van der Waals surface area contributed by atoms with E-state index in [-0.39, 0.29) is 5.91 Å². The molecule has 0 aliphatic heterocycles. The average Bonchev–Trinajstić information content (AvgIpc) is 3.08. The summed E-state index contributed by atoms with van der Waals surface area (Å²) in [5, 5.41) is 13.7. The topological polar surface area (TPSA) is 66.9 Å². The van der Waals surface area contributed by atoms with Gasteiger partial charge in [0.2, 0.25) is 0 Å². The summed E-state index contributed by atoms with van der Waals surface area (Å²) in [5.41, 5.74) is 0.346. The van der Waals surface area contributed by atoms with Crippen molar-refractivity contribution >= 4 is 11.7 Å². The number of anilines is 1. The molecular weight excluding hydrogens is 216 g/mol. The fourth-order valence-corrected chi connectivity index (χ4v) is 1.96. The molecule has 17 heavy (non-hydrogen) atoms. The standard InChI is InChI=1S/C12H18N4O/c1-3-4-8-7-10(8)14-11-6-5-9(15-16-11)12(17)13-2/h5-6,8,10H,3-4,7H2,1-2H3,(H,13,17)(H,14,16). The maximum Gasteiger partial charge on any atom is 0.271 e. The first kappa shape index (κ1) is 11.8. The number of nitrogens with zero attached hydrogens (tertiary/aromatic N) is 2. The van der Waals surface area contributed by atoms with Crippen LogP contribution in [0.25, 0.3) is 0 Å². The van der Waals surface area contributed by atoms with Crippen molar-refractivity contribution in [2.45, 2.75) is 32.2 Å². The number of aromatic nitrogens is 2. The summed E-state index contributed by atoms with van der Waals surface area (Å²) in [4.78, 5) is 11.3. The van der Waals surface area contributed by atoms with E-state index >= 15 is 0 Å². The zero-order valence-electron chi connectivity index (χ0n) is 10.2. The van der Waals surface area contributed by atoms with Gasteiger partial charge >= 0.3 is 0 Å². The van der Waals surface area contributed by atoms with E-state index < -0.39 is 0 Å². The van der Waals surface area contributed by atoms with Crippen molar-refractivity contribution in [2.75, 3.05) is 12.4 Å². The lowest BCUT2D eigenvalue weighted by atomic mass is 10.2. The highest BCUT2D eigenvalue weighted by Crippen LogP contribution is 2.36. The van der Waals surface area contributed by atoms with Crippen LogP contribution >= 0.6 is 0 Å². The molecule has 1 saturated carbocycles. The molecule has 1 aromatic heterocycles. The molecule has 1 aliphatic rings. The molecule has 0 saturated heterocycles. The molecule has 92 valence electrons. The van der Waals surface area contributed by atoms with Crippen LogP contribution in [-0.4, -0.2) is 29.2 Å². The molecule has 0 aromatic carbocycles. The number of carbonyl (C=O) groups is 1. The van der Waals surface area contributed by atoms with E-state index in [9.17, 15) is 4.79 Å². The Morgan fingerprint density at radius 2 is 2.29 bits per heavy atom. The van der Waals surface area contributed by atoms with E-state index in [2.05, 4.69) is 27.8 Å². The second kappa shape index (κ2) is 5.12. The van der Waals surface area contributed by atoms with Crippen LogP contribution in [0.4, 0.5) is 5.82 Å². The van der Waals surface area contributed by atoms with Crippen LogP contribution in [0.3, 0.4) is 0 Å². The Morgan fingerprint density at radius 1 is 1.47 bits per heavy atom. The first-order valence-electron chi connectivity index (χ1n) is 6.07. The maximum absolute atomic E-state index is 11.3. The lowest BCUT2D eigenvalue weighted by Crippen LogP contribution is -2.20. The summed E-state index contributed by atoms with van der Waals surface area (Å²) in [5.74, 6) is 1.32. The smallest absolute Gasteiger partial charge is 0.271 e. The lowest BCUT2D eigenvalue weighted by molar-refractivity contribution is 0.0957. The minimum Gasteiger partial charge on any atom is -0.366 e. The lowest BCUT2D eigenvalue weighted by Gasteiger charge is -2.04. The zero-order chi connectivity index (χ0) is 12.3. The molecule has 5 heteroatoms. The second-order valence-electron chi connectivity index (χ2n) is 4.42. The minimum absolute atomic E-state index is 0.209. The van der Waals surface area contributed by atoms with Crippen molar-refractivity contribution in [1.82, 2.24) is 15.5 Å². The van der Waals surface area contributed by atoms with E-state index in [0.29, 0.717) is 11.7 Å². The molecule has 1 amide bonds. The van der Waals surface area contributed by atoms with Crippen molar-refractivity contribution in [1.29, 1.82) is 0 Å². The van der Waals surface area contributed by atoms with Gasteiger partial charge in [0.25, 0.3) is 5.91 Å². The number of rotatable bonds is 5. The summed E-state index contributed by atoms with van der Waals surface area (Å²) in [7, 11) is 1.58. The third-order valence-corrected chi connectivity index (χ3v) is 3.04. The summed E-state index contributed by atoms with van der Waals surface area (Å²) >= 11 is 0. The van der Waals surface area contributed by atoms with Crippen LogP contribution < -0.4 is 10.6 Å². The van der Waals surface area contributed by atoms with E-state index in [1.54, 1.807) is 19.2 Å². The van der Waals surface area contributed by atoms with Crippen molar-refractivity contribution in [3.8, 4) is 0 Å². The predicted molar refractivity (Wildman–Crippen MR) is 65.8 cm³/mol. The van der Waals surface area contributed by atoms with Gasteiger partial charge in [-0.05, 0) is 30.9 Å². The van der Waals surface area contributed by atoms with Crippen LogP contribution in [0, 0.1) is 5.92 Å². The molecule has 1 aliphatic carbocycles. The van der Waals surface area contributed by atoms with Gasteiger partial charge < -0.3 is 10.6 Å².